The summed E-state index contributed by atoms with van der Waals surface area (Å²) in [6, 6.07) is 10.1. The number of methoxy groups -OCH3 is 1. The zero-order valence-corrected chi connectivity index (χ0v) is 16.2. The van der Waals surface area contributed by atoms with E-state index in [0.29, 0.717) is 35.2 Å². The number of benzene rings is 2. The van der Waals surface area contributed by atoms with Crippen LogP contribution in [0.5, 0.6) is 23.0 Å². The van der Waals surface area contributed by atoms with Gasteiger partial charge in [-0.2, -0.15) is 0 Å². The lowest BCUT2D eigenvalue weighted by atomic mass is 10.2. The first-order valence-corrected chi connectivity index (χ1v) is 9.09. The van der Waals surface area contributed by atoms with Gasteiger partial charge in [0.05, 0.1) is 13.7 Å². The van der Waals surface area contributed by atoms with Gasteiger partial charge in [-0.1, -0.05) is 13.0 Å². The highest BCUT2D eigenvalue weighted by Crippen LogP contribution is 2.32. The zero-order chi connectivity index (χ0) is 20.6. The van der Waals surface area contributed by atoms with E-state index in [4.69, 9.17) is 18.9 Å². The number of nitrogens with one attached hydrogen (secondary N) is 2. The molecule has 0 fully saturated rings. The van der Waals surface area contributed by atoms with Crippen molar-refractivity contribution in [2.75, 3.05) is 20.5 Å². The molecule has 0 aromatic heterocycles. The minimum atomic E-state index is -0.482. The van der Waals surface area contributed by atoms with Crippen LogP contribution in [-0.2, 0) is 4.79 Å². The van der Waals surface area contributed by atoms with Crippen LogP contribution in [0.4, 0.5) is 0 Å². The van der Waals surface area contributed by atoms with Crippen LogP contribution in [0.1, 0.15) is 29.3 Å². The Kier molecular flexibility index (Phi) is 6.57. The molecule has 0 saturated carbocycles. The van der Waals surface area contributed by atoms with Crippen LogP contribution < -0.4 is 29.8 Å². The molecule has 0 aliphatic carbocycles. The number of carbonyl (C=O) groups is 2. The molecule has 29 heavy (non-hydrogen) atoms. The highest BCUT2D eigenvalue weighted by atomic mass is 16.7. The van der Waals surface area contributed by atoms with Crippen LogP contribution >= 0.6 is 0 Å². The Morgan fingerprint density at radius 3 is 2.69 bits per heavy atom. The molecular weight excluding hydrogens is 376 g/mol. The number of amides is 2. The largest absolute Gasteiger partial charge is 0.493 e. The quantitative estimate of drug-likeness (QED) is 0.550. The maximum Gasteiger partial charge on any atom is 0.269 e. The zero-order valence-electron chi connectivity index (χ0n) is 16.2. The van der Waals surface area contributed by atoms with Gasteiger partial charge in [0.25, 0.3) is 11.8 Å². The Balaban J connectivity index is 1.55. The summed E-state index contributed by atoms with van der Waals surface area (Å²) in [6.07, 6.45) is 3.80. The summed E-state index contributed by atoms with van der Waals surface area (Å²) in [6.45, 7) is 2.74. The molecule has 0 saturated heterocycles. The van der Waals surface area contributed by atoms with E-state index in [9.17, 15) is 9.59 Å². The normalized spacial score (nSPS) is 11.9. The monoisotopic (exact) mass is 398 g/mol. The van der Waals surface area contributed by atoms with Crippen LogP contribution in [0.3, 0.4) is 0 Å². The summed E-state index contributed by atoms with van der Waals surface area (Å²) >= 11 is 0. The number of fused-ring (bicyclic) bond motifs is 1. The molecular formula is C21H22N2O6. The van der Waals surface area contributed by atoms with Crippen molar-refractivity contribution in [3.05, 3.63) is 53.6 Å². The summed E-state index contributed by atoms with van der Waals surface area (Å²) in [5.74, 6) is 1.34. The topological polar surface area (TPSA) is 95.1 Å². The summed E-state index contributed by atoms with van der Waals surface area (Å²) in [7, 11) is 1.56. The van der Waals surface area contributed by atoms with Crippen molar-refractivity contribution in [3.63, 3.8) is 0 Å². The van der Waals surface area contributed by atoms with Gasteiger partial charge < -0.3 is 18.9 Å². The van der Waals surface area contributed by atoms with E-state index in [1.54, 1.807) is 43.5 Å². The van der Waals surface area contributed by atoms with Crippen LogP contribution in [0, 0.1) is 0 Å². The predicted octanol–water partition coefficient (Wildman–Crippen LogP) is 2.69. The van der Waals surface area contributed by atoms with Gasteiger partial charge in [0.2, 0.25) is 6.79 Å². The fraction of sp³-hybridized carbons (Fsp3) is 0.238. The maximum absolute atomic E-state index is 12.2. The van der Waals surface area contributed by atoms with E-state index in [1.165, 1.54) is 6.08 Å². The molecule has 2 N–H and O–H groups in total. The number of hydrogen-bond acceptors (Lipinski definition) is 6. The van der Waals surface area contributed by atoms with Crippen LogP contribution in [0.15, 0.2) is 42.5 Å². The van der Waals surface area contributed by atoms with E-state index >= 15 is 0 Å². The Labute approximate surface area is 168 Å². The second-order valence-electron chi connectivity index (χ2n) is 6.10. The van der Waals surface area contributed by atoms with Gasteiger partial charge in [-0.3, -0.25) is 20.4 Å². The molecule has 0 atom stereocenters. The van der Waals surface area contributed by atoms with Gasteiger partial charge >= 0.3 is 0 Å². The van der Waals surface area contributed by atoms with Gasteiger partial charge in [0.1, 0.15) is 0 Å². The molecule has 1 aliphatic rings. The smallest absolute Gasteiger partial charge is 0.269 e. The molecule has 2 amide bonds. The average molecular weight is 398 g/mol. The Bertz CT molecular complexity index is 925. The summed E-state index contributed by atoms with van der Waals surface area (Å²) in [5.41, 5.74) is 5.78. The van der Waals surface area contributed by atoms with E-state index in [1.807, 2.05) is 13.0 Å². The SMILES string of the molecule is CCCOc1ccc(/C=C/C(=O)NNC(=O)c2ccc3c(c2)OCO3)cc1OC. The first kappa shape index (κ1) is 20.1. The fourth-order valence-electron chi connectivity index (χ4n) is 2.56. The lowest BCUT2D eigenvalue weighted by Gasteiger charge is -2.10. The molecule has 8 nitrogen and oxygen atoms in total. The predicted molar refractivity (Wildman–Crippen MR) is 106 cm³/mol. The fourth-order valence-corrected chi connectivity index (χ4v) is 2.56. The number of hydrazine groups is 1. The molecule has 1 aliphatic heterocycles. The van der Waals surface area contributed by atoms with Gasteiger partial charge in [0, 0.05) is 11.6 Å². The van der Waals surface area contributed by atoms with Crippen molar-refractivity contribution in [1.82, 2.24) is 10.9 Å². The van der Waals surface area contributed by atoms with Crippen LogP contribution in [0.25, 0.3) is 6.08 Å². The van der Waals surface area contributed by atoms with Crippen LogP contribution in [-0.4, -0.2) is 32.3 Å². The molecule has 152 valence electrons. The van der Waals surface area contributed by atoms with E-state index in [-0.39, 0.29) is 6.79 Å². The van der Waals surface area contributed by atoms with Gasteiger partial charge in [-0.25, -0.2) is 0 Å². The molecule has 2 aromatic carbocycles. The average Bonchev–Trinajstić information content (AvgIpc) is 3.22. The minimum absolute atomic E-state index is 0.123. The molecule has 3 rings (SSSR count). The lowest BCUT2D eigenvalue weighted by Crippen LogP contribution is -2.40. The molecule has 8 heteroatoms. The number of rotatable bonds is 7. The highest BCUT2D eigenvalue weighted by Gasteiger charge is 2.16. The second kappa shape index (κ2) is 9.50. The Morgan fingerprint density at radius 1 is 1.07 bits per heavy atom. The van der Waals surface area contributed by atoms with Gasteiger partial charge in [-0.15, -0.1) is 0 Å². The molecule has 0 radical (unpaired) electrons. The van der Waals surface area contributed by atoms with Crippen molar-refractivity contribution >= 4 is 17.9 Å². The third kappa shape index (κ3) is 5.19. The van der Waals surface area contributed by atoms with Crippen molar-refractivity contribution < 1.29 is 28.5 Å². The standard InChI is InChI=1S/C21H22N2O6/c1-3-10-27-16-7-4-14(11-18(16)26-2)5-9-20(24)22-23-21(25)15-6-8-17-19(12-15)29-13-28-17/h4-9,11-12H,3,10,13H2,1-2H3,(H,22,24)(H,23,25)/b9-5+. The molecule has 0 spiro atoms. The van der Waals surface area contributed by atoms with Gasteiger partial charge in [-0.05, 0) is 48.4 Å². The first-order valence-electron chi connectivity index (χ1n) is 9.09. The van der Waals surface area contributed by atoms with Gasteiger partial charge in [0.15, 0.2) is 23.0 Å². The second-order valence-corrected chi connectivity index (χ2v) is 6.10. The molecule has 1 heterocycles. The van der Waals surface area contributed by atoms with Crippen molar-refractivity contribution in [2.24, 2.45) is 0 Å². The first-order chi connectivity index (χ1) is 14.1. The third-order valence-corrected chi connectivity index (χ3v) is 4.01. The van der Waals surface area contributed by atoms with E-state index in [2.05, 4.69) is 10.9 Å². The summed E-state index contributed by atoms with van der Waals surface area (Å²) < 4.78 is 21.3. The Morgan fingerprint density at radius 2 is 1.90 bits per heavy atom. The van der Waals surface area contributed by atoms with E-state index in [0.717, 1.165) is 12.0 Å². The number of ether oxygens (including phenoxy) is 4. The number of hydrogen-bond donors (Lipinski definition) is 2. The molecule has 0 bridgehead atoms. The summed E-state index contributed by atoms with van der Waals surface area (Å²) in [5, 5.41) is 0. The minimum Gasteiger partial charge on any atom is -0.493 e. The summed E-state index contributed by atoms with van der Waals surface area (Å²) in [4.78, 5) is 24.1. The molecule has 0 unspecified atom stereocenters. The van der Waals surface area contributed by atoms with Crippen LogP contribution in [0.2, 0.25) is 0 Å². The highest BCUT2D eigenvalue weighted by molar-refractivity contribution is 5.98. The molecule has 2 aromatic rings. The Hall–Kier alpha value is -3.68. The van der Waals surface area contributed by atoms with Crippen molar-refractivity contribution in [2.45, 2.75) is 13.3 Å². The third-order valence-electron chi connectivity index (χ3n) is 4.01. The number of carbonyl (C=O) groups excluding carboxylic acids is 2. The van der Waals surface area contributed by atoms with E-state index < -0.39 is 11.8 Å². The van der Waals surface area contributed by atoms with Crippen molar-refractivity contribution in [1.29, 1.82) is 0 Å². The lowest BCUT2D eigenvalue weighted by molar-refractivity contribution is -0.117. The maximum atomic E-state index is 12.2. The van der Waals surface area contributed by atoms with Crippen molar-refractivity contribution in [3.8, 4) is 23.0 Å².